The molecule has 0 aromatic rings. The second-order valence-electron chi connectivity index (χ2n) is 5.14. The summed E-state index contributed by atoms with van der Waals surface area (Å²) in [5.41, 5.74) is 0. The molecule has 0 aliphatic carbocycles. The first-order valence-electron chi connectivity index (χ1n) is 7.14. The monoisotopic (exact) mass is 272 g/mol. The first-order chi connectivity index (χ1) is 8.92. The SMILES string of the molecule is CCCCCC(C)NC(=O)CN(C)C(CC)C(=O)O. The van der Waals surface area contributed by atoms with Crippen LogP contribution >= 0.6 is 0 Å². The molecular formula is C14H28N2O3. The average Bonchev–Trinajstić information content (AvgIpc) is 2.29. The minimum atomic E-state index is -0.881. The molecule has 0 spiro atoms. The molecule has 0 bridgehead atoms. The number of hydrogen-bond donors (Lipinski definition) is 2. The third kappa shape index (κ3) is 7.82. The molecule has 0 saturated carbocycles. The first kappa shape index (κ1) is 17.9. The number of carbonyl (C=O) groups excluding carboxylic acids is 1. The predicted octanol–water partition coefficient (Wildman–Crippen LogP) is 1.87. The highest BCUT2D eigenvalue weighted by Crippen LogP contribution is 2.04. The van der Waals surface area contributed by atoms with Gasteiger partial charge in [0.1, 0.15) is 6.04 Å². The second-order valence-corrected chi connectivity index (χ2v) is 5.14. The van der Waals surface area contributed by atoms with Crippen molar-refractivity contribution in [1.82, 2.24) is 10.2 Å². The molecule has 2 atom stereocenters. The van der Waals surface area contributed by atoms with Crippen LogP contribution in [0.4, 0.5) is 0 Å². The lowest BCUT2D eigenvalue weighted by Crippen LogP contribution is -2.45. The number of carboxylic acid groups (broad SMARTS) is 1. The summed E-state index contributed by atoms with van der Waals surface area (Å²) in [5.74, 6) is -0.986. The van der Waals surface area contributed by atoms with Crippen LogP contribution in [0.2, 0.25) is 0 Å². The fourth-order valence-corrected chi connectivity index (χ4v) is 2.10. The number of aliphatic carboxylic acids is 1. The molecule has 5 nitrogen and oxygen atoms in total. The molecule has 0 aliphatic heterocycles. The summed E-state index contributed by atoms with van der Waals surface area (Å²) in [4.78, 5) is 24.4. The average molecular weight is 272 g/mol. The zero-order valence-electron chi connectivity index (χ0n) is 12.6. The molecule has 0 aromatic heterocycles. The molecule has 2 unspecified atom stereocenters. The Morgan fingerprint density at radius 1 is 1.26 bits per heavy atom. The van der Waals surface area contributed by atoms with Crippen molar-refractivity contribution in [3.63, 3.8) is 0 Å². The Morgan fingerprint density at radius 2 is 1.89 bits per heavy atom. The van der Waals surface area contributed by atoms with E-state index in [0.717, 1.165) is 12.8 Å². The van der Waals surface area contributed by atoms with Crippen molar-refractivity contribution < 1.29 is 14.7 Å². The maximum Gasteiger partial charge on any atom is 0.320 e. The van der Waals surface area contributed by atoms with Gasteiger partial charge >= 0.3 is 5.97 Å². The lowest BCUT2D eigenvalue weighted by atomic mass is 10.1. The Labute approximate surface area is 116 Å². The van der Waals surface area contributed by atoms with E-state index >= 15 is 0 Å². The summed E-state index contributed by atoms with van der Waals surface area (Å²) in [6.45, 7) is 6.07. The van der Waals surface area contributed by atoms with Crippen LogP contribution in [0.15, 0.2) is 0 Å². The minimum absolute atomic E-state index is 0.105. The van der Waals surface area contributed by atoms with E-state index in [4.69, 9.17) is 5.11 Å². The molecule has 0 heterocycles. The van der Waals surface area contributed by atoms with Crippen LogP contribution in [0, 0.1) is 0 Å². The lowest BCUT2D eigenvalue weighted by molar-refractivity contribution is -0.143. The van der Waals surface area contributed by atoms with Crippen molar-refractivity contribution in [3.05, 3.63) is 0 Å². The number of amides is 1. The van der Waals surface area contributed by atoms with E-state index in [2.05, 4.69) is 12.2 Å². The first-order valence-corrected chi connectivity index (χ1v) is 7.14. The van der Waals surface area contributed by atoms with E-state index in [1.54, 1.807) is 18.9 Å². The summed E-state index contributed by atoms with van der Waals surface area (Å²) >= 11 is 0. The molecule has 5 heteroatoms. The van der Waals surface area contributed by atoms with E-state index in [-0.39, 0.29) is 18.5 Å². The van der Waals surface area contributed by atoms with Gasteiger partial charge in [-0.2, -0.15) is 0 Å². The minimum Gasteiger partial charge on any atom is -0.480 e. The van der Waals surface area contributed by atoms with Gasteiger partial charge in [0.25, 0.3) is 0 Å². The smallest absolute Gasteiger partial charge is 0.320 e. The van der Waals surface area contributed by atoms with E-state index in [9.17, 15) is 9.59 Å². The summed E-state index contributed by atoms with van der Waals surface area (Å²) < 4.78 is 0. The number of unbranched alkanes of at least 4 members (excludes halogenated alkanes) is 2. The van der Waals surface area contributed by atoms with Gasteiger partial charge in [0.05, 0.1) is 6.54 Å². The molecule has 0 rings (SSSR count). The third-order valence-electron chi connectivity index (χ3n) is 3.24. The normalized spacial score (nSPS) is 14.2. The summed E-state index contributed by atoms with van der Waals surface area (Å²) in [6.07, 6.45) is 4.92. The van der Waals surface area contributed by atoms with E-state index in [1.807, 2.05) is 6.92 Å². The van der Waals surface area contributed by atoms with Gasteiger partial charge in [0, 0.05) is 6.04 Å². The van der Waals surface area contributed by atoms with Crippen molar-refractivity contribution in [3.8, 4) is 0 Å². The highest BCUT2D eigenvalue weighted by atomic mass is 16.4. The highest BCUT2D eigenvalue weighted by Gasteiger charge is 2.22. The number of hydrogen-bond acceptors (Lipinski definition) is 3. The Kier molecular flexibility index (Phi) is 9.21. The number of carboxylic acids is 1. The molecule has 0 radical (unpaired) electrons. The zero-order chi connectivity index (χ0) is 14.8. The Hall–Kier alpha value is -1.10. The van der Waals surface area contributed by atoms with Crippen LogP contribution in [0.3, 0.4) is 0 Å². The Bertz CT molecular complexity index is 282. The molecule has 0 aromatic carbocycles. The molecule has 112 valence electrons. The summed E-state index contributed by atoms with van der Waals surface area (Å²) in [5, 5.41) is 11.9. The van der Waals surface area contributed by atoms with Gasteiger partial charge in [-0.05, 0) is 26.8 Å². The molecular weight excluding hydrogens is 244 g/mol. The maximum atomic E-state index is 11.8. The van der Waals surface area contributed by atoms with Crippen molar-refractivity contribution >= 4 is 11.9 Å². The Morgan fingerprint density at radius 3 is 2.37 bits per heavy atom. The van der Waals surface area contributed by atoms with E-state index < -0.39 is 12.0 Å². The van der Waals surface area contributed by atoms with Gasteiger partial charge in [0.15, 0.2) is 0 Å². The number of rotatable bonds is 10. The second kappa shape index (κ2) is 9.78. The van der Waals surface area contributed by atoms with Gasteiger partial charge in [0.2, 0.25) is 5.91 Å². The van der Waals surface area contributed by atoms with Gasteiger partial charge in [-0.15, -0.1) is 0 Å². The van der Waals surface area contributed by atoms with Gasteiger partial charge in [-0.1, -0.05) is 33.1 Å². The topological polar surface area (TPSA) is 69.6 Å². The number of carbonyl (C=O) groups is 2. The standard InChI is InChI=1S/C14H28N2O3/c1-5-7-8-9-11(3)15-13(17)10-16(4)12(6-2)14(18)19/h11-12H,5-10H2,1-4H3,(H,15,17)(H,18,19). The summed E-state index contributed by atoms with van der Waals surface area (Å²) in [6, 6.07) is -0.446. The van der Waals surface area contributed by atoms with Crippen LogP contribution < -0.4 is 5.32 Å². The van der Waals surface area contributed by atoms with E-state index in [1.165, 1.54) is 12.8 Å². The van der Waals surface area contributed by atoms with Crippen molar-refractivity contribution in [2.45, 2.75) is 65.0 Å². The number of nitrogens with one attached hydrogen (secondary N) is 1. The van der Waals surface area contributed by atoms with Crippen LogP contribution in [0.25, 0.3) is 0 Å². The van der Waals surface area contributed by atoms with Gasteiger partial charge < -0.3 is 10.4 Å². The quantitative estimate of drug-likeness (QED) is 0.596. The Balaban J connectivity index is 4.05. The zero-order valence-corrected chi connectivity index (χ0v) is 12.6. The van der Waals surface area contributed by atoms with Crippen molar-refractivity contribution in [1.29, 1.82) is 0 Å². The molecule has 1 amide bonds. The van der Waals surface area contributed by atoms with Crippen molar-refractivity contribution in [2.24, 2.45) is 0 Å². The van der Waals surface area contributed by atoms with Crippen LogP contribution in [0.1, 0.15) is 52.9 Å². The number of nitrogens with zero attached hydrogens (tertiary/aromatic N) is 1. The lowest BCUT2D eigenvalue weighted by Gasteiger charge is -2.23. The largest absolute Gasteiger partial charge is 0.480 e. The van der Waals surface area contributed by atoms with Crippen LogP contribution in [0.5, 0.6) is 0 Å². The summed E-state index contributed by atoms with van der Waals surface area (Å²) in [7, 11) is 1.67. The predicted molar refractivity (Wildman–Crippen MR) is 76.1 cm³/mol. The molecule has 19 heavy (non-hydrogen) atoms. The van der Waals surface area contributed by atoms with E-state index in [0.29, 0.717) is 6.42 Å². The molecule has 2 N–H and O–H groups in total. The fourth-order valence-electron chi connectivity index (χ4n) is 2.10. The third-order valence-corrected chi connectivity index (χ3v) is 3.24. The van der Waals surface area contributed by atoms with Crippen molar-refractivity contribution in [2.75, 3.05) is 13.6 Å². The molecule has 0 aliphatic rings. The fraction of sp³-hybridized carbons (Fsp3) is 0.857. The molecule has 0 saturated heterocycles. The van der Waals surface area contributed by atoms with Crippen LogP contribution in [-0.4, -0.2) is 47.6 Å². The van der Waals surface area contributed by atoms with Gasteiger partial charge in [-0.25, -0.2) is 0 Å². The molecule has 0 fully saturated rings. The van der Waals surface area contributed by atoms with Gasteiger partial charge in [-0.3, -0.25) is 14.5 Å². The maximum absolute atomic E-state index is 11.8. The highest BCUT2D eigenvalue weighted by molar-refractivity contribution is 5.80. The van der Waals surface area contributed by atoms with Crippen LogP contribution in [-0.2, 0) is 9.59 Å². The number of likely N-dealkylation sites (N-methyl/N-ethyl adjacent to an activating group) is 1.